The van der Waals surface area contributed by atoms with Crippen LogP contribution in [0.2, 0.25) is 0 Å². The first-order chi connectivity index (χ1) is 35.1. The minimum absolute atomic E-state index is 0.335. The second kappa shape index (κ2) is 38.9. The number of unbranched alkanes of at least 4 members (excludes halogenated alkanes) is 24. The van der Waals surface area contributed by atoms with E-state index in [9.17, 15) is 10.2 Å². The molecule has 4 aromatic carbocycles. The third kappa shape index (κ3) is 23.1. The van der Waals surface area contributed by atoms with Crippen LogP contribution in [-0.4, -0.2) is 29.8 Å². The summed E-state index contributed by atoms with van der Waals surface area (Å²) >= 11 is 0. The van der Waals surface area contributed by atoms with Crippen molar-refractivity contribution in [3.8, 4) is 0 Å². The molecule has 404 valence electrons. The molecular weight excluding hydrogens is 931 g/mol. The summed E-state index contributed by atoms with van der Waals surface area (Å²) in [5.41, 5.74) is 5.20. The highest BCUT2D eigenvalue weighted by molar-refractivity contribution is 7.53. The summed E-state index contributed by atoms with van der Waals surface area (Å²) in [6.07, 6.45) is 39.0. The van der Waals surface area contributed by atoms with E-state index in [2.05, 4.69) is 129 Å². The summed E-state index contributed by atoms with van der Waals surface area (Å²) in [6.45, 7) is 9.15. The minimum Gasteiger partial charge on any atom is -0.381 e. The molecule has 0 aromatic heterocycles. The van der Waals surface area contributed by atoms with E-state index in [4.69, 9.17) is 19.6 Å². The van der Waals surface area contributed by atoms with Crippen molar-refractivity contribution >= 4 is 17.2 Å². The van der Waals surface area contributed by atoms with Crippen LogP contribution in [-0.2, 0) is 47.6 Å². The molecule has 6 N–H and O–H groups in total. The molecule has 0 aliphatic carbocycles. The maximum atomic E-state index is 14.6. The maximum absolute atomic E-state index is 14.6. The van der Waals surface area contributed by atoms with Crippen molar-refractivity contribution in [1.29, 1.82) is 0 Å². The van der Waals surface area contributed by atoms with Crippen molar-refractivity contribution in [2.45, 2.75) is 251 Å². The van der Waals surface area contributed by atoms with E-state index in [1.807, 2.05) is 0 Å². The average molecular weight is 1030 g/mol. The molecule has 0 saturated heterocycles. The molecule has 1 atom stereocenters. The average Bonchev–Trinajstić information content (AvgIpc) is 3.38. The molecular formula is C63H100O7P2. The molecule has 0 fully saturated rings. The Kier molecular flexibility index (Phi) is 34.5. The van der Waals surface area contributed by atoms with Gasteiger partial charge in [0.2, 0.25) is 0 Å². The van der Waals surface area contributed by atoms with Gasteiger partial charge in [0.05, 0.1) is 0 Å². The second-order valence-corrected chi connectivity index (χ2v) is 22.2. The Morgan fingerprint density at radius 2 is 0.569 bits per heavy atom. The van der Waals surface area contributed by atoms with Gasteiger partial charge in [-0.15, -0.1) is 0 Å². The lowest BCUT2D eigenvalue weighted by Gasteiger charge is -2.47. The highest BCUT2D eigenvalue weighted by Crippen LogP contribution is 2.51. The van der Waals surface area contributed by atoms with Gasteiger partial charge in [0, 0.05) is 6.42 Å². The molecule has 9 heteroatoms. The second-order valence-electron chi connectivity index (χ2n) is 20.6. The fourth-order valence-corrected chi connectivity index (χ4v) is 11.3. The van der Waals surface area contributed by atoms with Crippen molar-refractivity contribution in [3.05, 3.63) is 142 Å². The van der Waals surface area contributed by atoms with E-state index in [1.165, 1.54) is 165 Å². The van der Waals surface area contributed by atoms with Gasteiger partial charge in [-0.1, -0.05) is 279 Å². The number of aryl methyl sites for hydroxylation is 4. The monoisotopic (exact) mass is 1030 g/mol. The van der Waals surface area contributed by atoms with Crippen LogP contribution < -0.4 is 0 Å². The predicted octanol–water partition coefficient (Wildman–Crippen LogP) is 17.7. The third-order valence-corrected chi connectivity index (χ3v) is 16.0. The molecule has 0 spiro atoms. The standard InChI is InChI=1S/C63H96O2.H4O5P2/c1-5-9-13-17-21-25-29-41-54-42-33-34-49-58(54)53-62(64,59-50-38-35-46-55(59)43-30-26-22-18-14-10-6-2)63(65,60-51-39-36-47-56(60)44-31-27-23-19-15-11-7-3)61-52-40-37-48-57(61)45-32-28-24-20-16-12-8-4;1-6(2)5-7(3)4/h33-40,42,46-52,64-65H,5-32,41,43-45,53H2,1-4H3;1-4H. The summed E-state index contributed by atoms with van der Waals surface area (Å²) in [6, 6.07) is 34.8. The van der Waals surface area contributed by atoms with E-state index < -0.39 is 28.4 Å². The topological polar surface area (TPSA) is 131 Å². The predicted molar refractivity (Wildman–Crippen MR) is 307 cm³/mol. The van der Waals surface area contributed by atoms with E-state index in [0.717, 1.165) is 84.7 Å². The Labute approximate surface area is 441 Å². The van der Waals surface area contributed by atoms with Gasteiger partial charge in [0.25, 0.3) is 0 Å². The molecule has 0 aliphatic heterocycles. The van der Waals surface area contributed by atoms with Crippen LogP contribution in [0.4, 0.5) is 0 Å². The molecule has 72 heavy (non-hydrogen) atoms. The van der Waals surface area contributed by atoms with Gasteiger partial charge < -0.3 is 29.8 Å². The van der Waals surface area contributed by atoms with Crippen LogP contribution >= 0.6 is 17.2 Å². The minimum atomic E-state index is -2.61. The Morgan fingerprint density at radius 1 is 0.319 bits per heavy atom. The van der Waals surface area contributed by atoms with Crippen LogP contribution in [0.1, 0.15) is 252 Å². The Hall–Kier alpha value is -2.54. The van der Waals surface area contributed by atoms with Gasteiger partial charge in [-0.05, 0) is 95.9 Å². The summed E-state index contributed by atoms with van der Waals surface area (Å²) in [4.78, 5) is 31.3. The molecule has 0 heterocycles. The first-order valence-corrected chi connectivity index (χ1v) is 31.2. The lowest BCUT2D eigenvalue weighted by atomic mass is 9.63. The Morgan fingerprint density at radius 3 is 0.889 bits per heavy atom. The molecule has 0 saturated carbocycles. The highest BCUT2D eigenvalue weighted by atomic mass is 31.2. The molecule has 4 aromatic rings. The van der Waals surface area contributed by atoms with Gasteiger partial charge in [-0.25, -0.2) is 4.31 Å². The zero-order chi connectivity index (χ0) is 52.1. The number of benzene rings is 4. The van der Waals surface area contributed by atoms with E-state index in [0.29, 0.717) is 6.42 Å². The molecule has 1 unspecified atom stereocenters. The van der Waals surface area contributed by atoms with E-state index in [1.54, 1.807) is 0 Å². The summed E-state index contributed by atoms with van der Waals surface area (Å²) in [7, 11) is -5.22. The van der Waals surface area contributed by atoms with Gasteiger partial charge in [0.1, 0.15) is 11.2 Å². The fraction of sp³-hybridized carbons (Fsp3) is 0.619. The van der Waals surface area contributed by atoms with Crippen molar-refractivity contribution in [1.82, 2.24) is 0 Å². The van der Waals surface area contributed by atoms with Gasteiger partial charge in [-0.2, -0.15) is 0 Å². The number of aliphatic hydroxyl groups is 2. The van der Waals surface area contributed by atoms with Crippen LogP contribution in [0.15, 0.2) is 97.1 Å². The fourth-order valence-electron chi connectivity index (χ4n) is 10.7. The number of hydrogen-bond acceptors (Lipinski definition) is 7. The van der Waals surface area contributed by atoms with Crippen molar-refractivity contribution in [2.24, 2.45) is 0 Å². The van der Waals surface area contributed by atoms with Crippen LogP contribution in [0.3, 0.4) is 0 Å². The SMILES string of the molecule is CCCCCCCCCc1ccccc1CC(O)(c1ccccc1CCCCCCCCC)C(O)(c1ccccc1CCCCCCCCC)c1ccccc1CCCCCCCCC.OP(O)OP(O)O. The Balaban J connectivity index is 0.00000181. The normalized spacial score (nSPS) is 12.6. The molecule has 4 rings (SSSR count). The van der Waals surface area contributed by atoms with Crippen molar-refractivity contribution < 1.29 is 34.1 Å². The lowest BCUT2D eigenvalue weighted by Crippen LogP contribution is -2.53. The van der Waals surface area contributed by atoms with E-state index in [-0.39, 0.29) is 0 Å². The Bertz CT molecular complexity index is 1890. The van der Waals surface area contributed by atoms with Gasteiger partial charge in [0.15, 0.2) is 0 Å². The zero-order valence-corrected chi connectivity index (χ0v) is 47.3. The molecule has 0 aliphatic rings. The van der Waals surface area contributed by atoms with Crippen molar-refractivity contribution in [3.63, 3.8) is 0 Å². The van der Waals surface area contributed by atoms with Crippen LogP contribution in [0, 0.1) is 0 Å². The number of hydrogen-bond donors (Lipinski definition) is 6. The maximum Gasteiger partial charge on any atom is 0.334 e. The van der Waals surface area contributed by atoms with Crippen LogP contribution in [0.5, 0.6) is 0 Å². The van der Waals surface area contributed by atoms with E-state index >= 15 is 0 Å². The quantitative estimate of drug-likeness (QED) is 0.0193. The summed E-state index contributed by atoms with van der Waals surface area (Å²) in [5, 5.41) is 29.2. The number of rotatable bonds is 40. The molecule has 0 radical (unpaired) electrons. The first-order valence-electron chi connectivity index (χ1n) is 28.9. The highest BCUT2D eigenvalue weighted by Gasteiger charge is 2.55. The molecule has 7 nitrogen and oxygen atoms in total. The molecule has 0 amide bonds. The van der Waals surface area contributed by atoms with Crippen LogP contribution in [0.25, 0.3) is 0 Å². The van der Waals surface area contributed by atoms with Gasteiger partial charge >= 0.3 is 17.2 Å². The third-order valence-electron chi connectivity index (χ3n) is 14.8. The summed E-state index contributed by atoms with van der Waals surface area (Å²) in [5.74, 6) is 0. The van der Waals surface area contributed by atoms with Crippen molar-refractivity contribution in [2.75, 3.05) is 0 Å². The summed E-state index contributed by atoms with van der Waals surface area (Å²) < 4.78 is 3.60. The smallest absolute Gasteiger partial charge is 0.334 e. The zero-order valence-electron chi connectivity index (χ0n) is 45.6. The van der Waals surface area contributed by atoms with Gasteiger partial charge in [-0.3, -0.25) is 0 Å². The largest absolute Gasteiger partial charge is 0.381 e. The lowest BCUT2D eigenvalue weighted by molar-refractivity contribution is -0.141. The first kappa shape index (κ1) is 63.8. The molecule has 0 bridgehead atoms.